The second-order valence-electron chi connectivity index (χ2n) is 4.86. The highest BCUT2D eigenvalue weighted by Crippen LogP contribution is 2.36. The molecule has 3 aromatic heterocycles. The monoisotopic (exact) mass is 287 g/mol. The van der Waals surface area contributed by atoms with Crippen molar-refractivity contribution >= 4 is 0 Å². The molecule has 22 heavy (non-hydrogen) atoms. The zero-order valence-corrected chi connectivity index (χ0v) is 11.7. The molecule has 4 aromatic rings. The van der Waals surface area contributed by atoms with Crippen molar-refractivity contribution in [3.8, 4) is 33.9 Å². The van der Waals surface area contributed by atoms with Crippen LogP contribution in [0.2, 0.25) is 0 Å². The van der Waals surface area contributed by atoms with Crippen LogP contribution < -0.4 is 0 Å². The van der Waals surface area contributed by atoms with E-state index in [1.54, 1.807) is 18.6 Å². The van der Waals surface area contributed by atoms with E-state index in [9.17, 15) is 0 Å². The number of aromatic nitrogens is 5. The molecule has 0 aliphatic rings. The van der Waals surface area contributed by atoms with E-state index in [0.717, 1.165) is 33.9 Å². The summed E-state index contributed by atoms with van der Waals surface area (Å²) < 4.78 is 0. The summed E-state index contributed by atoms with van der Waals surface area (Å²) >= 11 is 0. The summed E-state index contributed by atoms with van der Waals surface area (Å²) in [6.07, 6.45) is 7.09. The van der Waals surface area contributed by atoms with Gasteiger partial charge in [0, 0.05) is 35.9 Å². The van der Waals surface area contributed by atoms with Crippen molar-refractivity contribution in [2.75, 3.05) is 0 Å². The molecule has 0 radical (unpaired) electrons. The number of nitrogens with one attached hydrogen (secondary N) is 2. The molecular formula is C17H13N5. The normalized spacial score (nSPS) is 10.7. The molecule has 3 heterocycles. The minimum absolute atomic E-state index is 0.791. The van der Waals surface area contributed by atoms with E-state index in [2.05, 4.69) is 25.1 Å². The average molecular weight is 287 g/mol. The van der Waals surface area contributed by atoms with Gasteiger partial charge in [-0.3, -0.25) is 10.1 Å². The summed E-state index contributed by atoms with van der Waals surface area (Å²) in [7, 11) is 0. The molecule has 0 spiro atoms. The van der Waals surface area contributed by atoms with Gasteiger partial charge in [-0.05, 0) is 12.1 Å². The lowest BCUT2D eigenvalue weighted by Gasteiger charge is -2.04. The Bertz CT molecular complexity index is 807. The van der Waals surface area contributed by atoms with Crippen LogP contribution in [0, 0.1) is 0 Å². The molecule has 0 fully saturated rings. The van der Waals surface area contributed by atoms with Gasteiger partial charge in [-0.25, -0.2) is 4.98 Å². The van der Waals surface area contributed by atoms with Gasteiger partial charge < -0.3 is 4.98 Å². The number of imidazole rings is 1. The first-order valence-corrected chi connectivity index (χ1v) is 6.97. The maximum absolute atomic E-state index is 4.51. The number of benzene rings is 1. The standard InChI is InChI=1S/C17H13N5/c1-2-4-12(5-3-1)15-14(17-19-10-11-20-17)16(22-21-15)13-6-8-18-9-7-13/h1-11H,(H,19,20)(H,21,22). The van der Waals surface area contributed by atoms with E-state index < -0.39 is 0 Å². The summed E-state index contributed by atoms with van der Waals surface area (Å²) in [6.45, 7) is 0. The van der Waals surface area contributed by atoms with E-state index in [-0.39, 0.29) is 0 Å². The summed E-state index contributed by atoms with van der Waals surface area (Å²) in [5.41, 5.74) is 4.84. The van der Waals surface area contributed by atoms with E-state index in [0.29, 0.717) is 0 Å². The molecule has 0 aliphatic carbocycles. The SMILES string of the molecule is c1ccc(-c2n[nH]c(-c3ccncc3)c2-c2ncc[nH]2)cc1. The Kier molecular flexibility index (Phi) is 3.01. The van der Waals surface area contributed by atoms with Gasteiger partial charge in [-0.2, -0.15) is 5.10 Å². The molecule has 0 aliphatic heterocycles. The van der Waals surface area contributed by atoms with Crippen LogP contribution in [0.4, 0.5) is 0 Å². The number of rotatable bonds is 3. The molecule has 5 nitrogen and oxygen atoms in total. The Balaban J connectivity index is 1.96. The van der Waals surface area contributed by atoms with Crippen LogP contribution >= 0.6 is 0 Å². The van der Waals surface area contributed by atoms with Gasteiger partial charge in [0.1, 0.15) is 11.5 Å². The number of hydrogen-bond acceptors (Lipinski definition) is 3. The number of aromatic amines is 2. The minimum Gasteiger partial charge on any atom is -0.344 e. The van der Waals surface area contributed by atoms with Crippen molar-refractivity contribution in [2.24, 2.45) is 0 Å². The quantitative estimate of drug-likeness (QED) is 0.605. The fourth-order valence-electron chi connectivity index (χ4n) is 2.51. The predicted octanol–water partition coefficient (Wildman–Crippen LogP) is 3.53. The van der Waals surface area contributed by atoms with Gasteiger partial charge in [-0.15, -0.1) is 0 Å². The van der Waals surface area contributed by atoms with Gasteiger partial charge in [-0.1, -0.05) is 30.3 Å². The van der Waals surface area contributed by atoms with E-state index in [4.69, 9.17) is 0 Å². The highest BCUT2D eigenvalue weighted by Gasteiger charge is 2.19. The molecule has 0 unspecified atom stereocenters. The van der Waals surface area contributed by atoms with Gasteiger partial charge >= 0.3 is 0 Å². The van der Waals surface area contributed by atoms with Crippen LogP contribution in [0.15, 0.2) is 67.3 Å². The zero-order valence-electron chi connectivity index (χ0n) is 11.7. The van der Waals surface area contributed by atoms with E-state index >= 15 is 0 Å². The Labute approximate surface area is 127 Å². The first-order chi connectivity index (χ1) is 10.9. The van der Waals surface area contributed by atoms with Crippen LogP contribution in [-0.2, 0) is 0 Å². The Hall–Kier alpha value is -3.21. The van der Waals surface area contributed by atoms with Gasteiger partial charge in [0.25, 0.3) is 0 Å². The Morgan fingerprint density at radius 1 is 0.818 bits per heavy atom. The zero-order chi connectivity index (χ0) is 14.8. The summed E-state index contributed by atoms with van der Waals surface area (Å²) in [5, 5.41) is 7.65. The summed E-state index contributed by atoms with van der Waals surface area (Å²) in [4.78, 5) is 11.6. The van der Waals surface area contributed by atoms with Crippen LogP contribution in [-0.4, -0.2) is 25.1 Å². The maximum atomic E-state index is 4.51. The van der Waals surface area contributed by atoms with Gasteiger partial charge in [0.15, 0.2) is 0 Å². The van der Waals surface area contributed by atoms with Crippen molar-refractivity contribution in [3.63, 3.8) is 0 Å². The third kappa shape index (κ3) is 2.09. The topological polar surface area (TPSA) is 70.2 Å². The molecule has 2 N–H and O–H groups in total. The van der Waals surface area contributed by atoms with Crippen LogP contribution in [0.25, 0.3) is 33.9 Å². The Morgan fingerprint density at radius 2 is 1.64 bits per heavy atom. The van der Waals surface area contributed by atoms with Crippen molar-refractivity contribution in [2.45, 2.75) is 0 Å². The Morgan fingerprint density at radius 3 is 2.36 bits per heavy atom. The van der Waals surface area contributed by atoms with Crippen molar-refractivity contribution in [3.05, 3.63) is 67.3 Å². The number of hydrogen-bond donors (Lipinski definition) is 2. The molecule has 0 saturated heterocycles. The number of H-pyrrole nitrogens is 2. The van der Waals surface area contributed by atoms with Gasteiger partial charge in [0.05, 0.1) is 11.3 Å². The third-order valence-electron chi connectivity index (χ3n) is 3.52. The summed E-state index contributed by atoms with van der Waals surface area (Å²) in [6, 6.07) is 14.0. The molecule has 0 amide bonds. The van der Waals surface area contributed by atoms with Gasteiger partial charge in [0.2, 0.25) is 0 Å². The molecule has 106 valence electrons. The van der Waals surface area contributed by atoms with E-state index in [1.165, 1.54) is 0 Å². The van der Waals surface area contributed by atoms with Crippen molar-refractivity contribution in [1.29, 1.82) is 0 Å². The average Bonchev–Trinajstić information content (AvgIpc) is 3.25. The largest absolute Gasteiger partial charge is 0.344 e. The second-order valence-corrected chi connectivity index (χ2v) is 4.86. The van der Waals surface area contributed by atoms with Crippen molar-refractivity contribution < 1.29 is 0 Å². The van der Waals surface area contributed by atoms with Crippen LogP contribution in [0.5, 0.6) is 0 Å². The molecule has 0 saturated carbocycles. The lowest BCUT2D eigenvalue weighted by Crippen LogP contribution is -1.87. The first kappa shape index (κ1) is 12.5. The number of nitrogens with zero attached hydrogens (tertiary/aromatic N) is 3. The summed E-state index contributed by atoms with van der Waals surface area (Å²) in [5.74, 6) is 0.791. The lowest BCUT2D eigenvalue weighted by molar-refractivity contribution is 1.10. The second kappa shape index (κ2) is 5.29. The molecular weight excluding hydrogens is 274 g/mol. The predicted molar refractivity (Wildman–Crippen MR) is 84.8 cm³/mol. The van der Waals surface area contributed by atoms with E-state index in [1.807, 2.05) is 48.7 Å². The highest BCUT2D eigenvalue weighted by molar-refractivity contribution is 5.88. The van der Waals surface area contributed by atoms with Crippen LogP contribution in [0.1, 0.15) is 0 Å². The molecule has 0 atom stereocenters. The first-order valence-electron chi connectivity index (χ1n) is 6.97. The lowest BCUT2D eigenvalue weighted by atomic mass is 10.0. The number of pyridine rings is 1. The molecule has 0 bridgehead atoms. The highest BCUT2D eigenvalue weighted by atomic mass is 15.1. The smallest absolute Gasteiger partial charge is 0.141 e. The van der Waals surface area contributed by atoms with Crippen LogP contribution in [0.3, 0.4) is 0 Å². The maximum Gasteiger partial charge on any atom is 0.141 e. The fourth-order valence-corrected chi connectivity index (χ4v) is 2.51. The molecule has 1 aromatic carbocycles. The fraction of sp³-hybridized carbons (Fsp3) is 0. The molecule has 4 rings (SSSR count). The molecule has 5 heteroatoms. The minimum atomic E-state index is 0.791. The van der Waals surface area contributed by atoms with Crippen molar-refractivity contribution in [1.82, 2.24) is 25.1 Å². The third-order valence-corrected chi connectivity index (χ3v) is 3.52.